The van der Waals surface area contributed by atoms with Gasteiger partial charge in [-0.1, -0.05) is 0 Å². The molecule has 0 aromatic carbocycles. The summed E-state index contributed by atoms with van der Waals surface area (Å²) in [4.78, 5) is 12.6. The van der Waals surface area contributed by atoms with Gasteiger partial charge in [-0.25, -0.2) is 10.8 Å². The van der Waals surface area contributed by atoms with Crippen LogP contribution >= 0.6 is 0 Å². The van der Waals surface area contributed by atoms with Crippen LogP contribution in [0.3, 0.4) is 0 Å². The number of hydrogen-bond donors (Lipinski definition) is 2. The number of nitrogens with one attached hydrogen (secondary N) is 1. The number of hydrazine groups is 1. The lowest BCUT2D eigenvalue weighted by molar-refractivity contribution is 0.128. The molecular formula is C13H17N5O2. The summed E-state index contributed by atoms with van der Waals surface area (Å²) in [6.07, 6.45) is 1.63. The number of anilines is 1. The van der Waals surface area contributed by atoms with E-state index in [0.29, 0.717) is 36.5 Å². The Morgan fingerprint density at radius 1 is 1.30 bits per heavy atom. The molecule has 0 unspecified atom stereocenters. The first-order valence-electron chi connectivity index (χ1n) is 6.24. The topological polar surface area (TPSA) is 95.2 Å². The van der Waals surface area contributed by atoms with E-state index in [2.05, 4.69) is 20.4 Å². The smallest absolute Gasteiger partial charge is 0.224 e. The second-order valence-corrected chi connectivity index (χ2v) is 4.03. The molecule has 3 N–H and O–H groups in total. The van der Waals surface area contributed by atoms with Crippen molar-refractivity contribution in [1.82, 2.24) is 15.0 Å². The first-order chi connectivity index (χ1) is 9.71. The van der Waals surface area contributed by atoms with Crippen LogP contribution in [0.2, 0.25) is 0 Å². The Labute approximate surface area is 117 Å². The zero-order chi connectivity index (χ0) is 14.4. The maximum atomic E-state index is 5.63. The predicted molar refractivity (Wildman–Crippen MR) is 74.2 cm³/mol. The van der Waals surface area contributed by atoms with Crippen LogP contribution < -0.4 is 16.0 Å². The molecule has 0 saturated carbocycles. The molecule has 7 heteroatoms. The molecule has 0 aliphatic rings. The highest BCUT2D eigenvalue weighted by molar-refractivity contribution is 5.38. The third-order valence-electron chi connectivity index (χ3n) is 2.44. The van der Waals surface area contributed by atoms with Crippen LogP contribution in [0.15, 0.2) is 24.4 Å². The van der Waals surface area contributed by atoms with Crippen LogP contribution in [0.5, 0.6) is 11.6 Å². The Morgan fingerprint density at radius 3 is 2.80 bits per heavy atom. The number of nitrogen functional groups attached to an aromatic ring is 1. The highest BCUT2D eigenvalue weighted by Crippen LogP contribution is 2.21. The molecule has 2 aromatic rings. The monoisotopic (exact) mass is 275 g/mol. The summed E-state index contributed by atoms with van der Waals surface area (Å²) >= 11 is 0. The van der Waals surface area contributed by atoms with Crippen molar-refractivity contribution in [1.29, 1.82) is 0 Å². The Hall–Kier alpha value is -2.25. The predicted octanol–water partition coefficient (Wildman–Crippen LogP) is 1.79. The Balaban J connectivity index is 2.19. The first-order valence-corrected chi connectivity index (χ1v) is 6.24. The number of nitrogens with two attached hydrogens (primary N) is 1. The zero-order valence-electron chi connectivity index (χ0n) is 11.5. The van der Waals surface area contributed by atoms with Crippen LogP contribution in [-0.4, -0.2) is 21.6 Å². The number of rotatable bonds is 6. The lowest BCUT2D eigenvalue weighted by atomic mass is 10.4. The van der Waals surface area contributed by atoms with Crippen LogP contribution in [0.1, 0.15) is 18.4 Å². The van der Waals surface area contributed by atoms with E-state index in [4.69, 9.17) is 15.3 Å². The molecular weight excluding hydrogens is 258 g/mol. The van der Waals surface area contributed by atoms with Gasteiger partial charge in [0.15, 0.2) is 5.82 Å². The van der Waals surface area contributed by atoms with E-state index in [1.54, 1.807) is 12.3 Å². The van der Waals surface area contributed by atoms with Crippen LogP contribution in [0.25, 0.3) is 0 Å². The molecule has 0 spiro atoms. The summed E-state index contributed by atoms with van der Waals surface area (Å²) < 4.78 is 10.9. The van der Waals surface area contributed by atoms with Crippen molar-refractivity contribution in [3.05, 3.63) is 35.9 Å². The Kier molecular flexibility index (Phi) is 4.80. The molecule has 0 aliphatic carbocycles. The Bertz CT molecular complexity index is 559. The van der Waals surface area contributed by atoms with Gasteiger partial charge in [0.2, 0.25) is 5.88 Å². The molecule has 20 heavy (non-hydrogen) atoms. The van der Waals surface area contributed by atoms with Crippen molar-refractivity contribution in [2.24, 2.45) is 5.84 Å². The number of hydrogen-bond acceptors (Lipinski definition) is 7. The van der Waals surface area contributed by atoms with Gasteiger partial charge in [-0.05, 0) is 26.0 Å². The van der Waals surface area contributed by atoms with Crippen molar-refractivity contribution in [2.45, 2.75) is 20.5 Å². The number of aryl methyl sites for hydroxylation is 1. The number of ether oxygens (including phenoxy) is 2. The molecule has 0 bridgehead atoms. The number of nitrogens with zero attached hydrogens (tertiary/aromatic N) is 3. The molecule has 2 rings (SSSR count). The van der Waals surface area contributed by atoms with E-state index in [9.17, 15) is 0 Å². The van der Waals surface area contributed by atoms with Gasteiger partial charge in [0, 0.05) is 18.4 Å². The SMILES string of the molecule is CCOCc1nc(NN)cc(Oc2ccc(C)nc2)n1. The fraction of sp³-hybridized carbons (Fsp3) is 0.308. The molecule has 106 valence electrons. The van der Waals surface area contributed by atoms with Gasteiger partial charge in [-0.3, -0.25) is 4.98 Å². The third kappa shape index (κ3) is 3.87. The molecule has 0 radical (unpaired) electrons. The van der Waals surface area contributed by atoms with Gasteiger partial charge < -0.3 is 14.9 Å². The lowest BCUT2D eigenvalue weighted by Gasteiger charge is -2.09. The van der Waals surface area contributed by atoms with Crippen molar-refractivity contribution < 1.29 is 9.47 Å². The van der Waals surface area contributed by atoms with E-state index in [1.165, 1.54) is 0 Å². The number of pyridine rings is 1. The summed E-state index contributed by atoms with van der Waals surface area (Å²) in [5, 5.41) is 0. The standard InChI is InChI=1S/C13H17N5O2/c1-3-19-8-12-16-11(18-14)6-13(17-12)20-10-5-4-9(2)15-7-10/h4-7H,3,8,14H2,1-2H3,(H,16,17,18). The van der Waals surface area contributed by atoms with Crippen LogP contribution in [0.4, 0.5) is 5.82 Å². The van der Waals surface area contributed by atoms with Gasteiger partial charge in [0.05, 0.1) is 6.20 Å². The first kappa shape index (κ1) is 14.2. The van der Waals surface area contributed by atoms with Crippen molar-refractivity contribution >= 4 is 5.82 Å². The second kappa shape index (κ2) is 6.78. The van der Waals surface area contributed by atoms with Gasteiger partial charge in [-0.2, -0.15) is 4.98 Å². The summed E-state index contributed by atoms with van der Waals surface area (Å²) in [7, 11) is 0. The third-order valence-corrected chi connectivity index (χ3v) is 2.44. The maximum Gasteiger partial charge on any atom is 0.224 e. The highest BCUT2D eigenvalue weighted by Gasteiger charge is 2.06. The summed E-state index contributed by atoms with van der Waals surface area (Å²) in [6.45, 7) is 4.70. The maximum absolute atomic E-state index is 5.63. The molecule has 0 amide bonds. The van der Waals surface area contributed by atoms with E-state index < -0.39 is 0 Å². The average molecular weight is 275 g/mol. The molecule has 2 aromatic heterocycles. The van der Waals surface area contributed by atoms with Gasteiger partial charge >= 0.3 is 0 Å². The highest BCUT2D eigenvalue weighted by atomic mass is 16.5. The minimum atomic E-state index is 0.300. The van der Waals surface area contributed by atoms with Crippen molar-refractivity contribution in [3.63, 3.8) is 0 Å². The van der Waals surface area contributed by atoms with Crippen LogP contribution in [-0.2, 0) is 11.3 Å². The minimum absolute atomic E-state index is 0.300. The van der Waals surface area contributed by atoms with Crippen LogP contribution in [0, 0.1) is 6.92 Å². The van der Waals surface area contributed by atoms with E-state index in [-0.39, 0.29) is 0 Å². The van der Waals surface area contributed by atoms with Gasteiger partial charge in [-0.15, -0.1) is 0 Å². The Morgan fingerprint density at radius 2 is 2.15 bits per heavy atom. The fourth-order valence-electron chi connectivity index (χ4n) is 1.49. The van der Waals surface area contributed by atoms with E-state index >= 15 is 0 Å². The minimum Gasteiger partial charge on any atom is -0.437 e. The normalized spacial score (nSPS) is 10.3. The summed E-state index contributed by atoms with van der Waals surface area (Å²) in [6, 6.07) is 5.29. The second-order valence-electron chi connectivity index (χ2n) is 4.03. The fourth-order valence-corrected chi connectivity index (χ4v) is 1.49. The average Bonchev–Trinajstić information content (AvgIpc) is 2.47. The molecule has 2 heterocycles. The molecule has 0 aliphatic heterocycles. The zero-order valence-corrected chi connectivity index (χ0v) is 11.5. The molecule has 7 nitrogen and oxygen atoms in total. The van der Waals surface area contributed by atoms with E-state index in [1.807, 2.05) is 26.0 Å². The van der Waals surface area contributed by atoms with Crippen molar-refractivity contribution in [2.75, 3.05) is 12.0 Å². The van der Waals surface area contributed by atoms with E-state index in [0.717, 1.165) is 5.69 Å². The van der Waals surface area contributed by atoms with Crippen molar-refractivity contribution in [3.8, 4) is 11.6 Å². The summed E-state index contributed by atoms with van der Waals surface area (Å²) in [5.41, 5.74) is 3.39. The quantitative estimate of drug-likeness (QED) is 0.613. The molecule has 0 atom stereocenters. The lowest BCUT2D eigenvalue weighted by Crippen LogP contribution is -2.11. The van der Waals surface area contributed by atoms with Gasteiger partial charge in [0.1, 0.15) is 18.2 Å². The molecule has 0 fully saturated rings. The molecule has 0 saturated heterocycles. The largest absolute Gasteiger partial charge is 0.437 e. The number of aromatic nitrogens is 3. The summed E-state index contributed by atoms with van der Waals surface area (Å²) in [5.74, 6) is 7.32. The van der Waals surface area contributed by atoms with Gasteiger partial charge in [0.25, 0.3) is 0 Å².